The van der Waals surface area contributed by atoms with E-state index in [4.69, 9.17) is 9.29 Å². The van der Waals surface area contributed by atoms with E-state index in [1.54, 1.807) is 20.8 Å². The van der Waals surface area contributed by atoms with Gasteiger partial charge in [-0.2, -0.15) is 16.8 Å². The van der Waals surface area contributed by atoms with Crippen molar-refractivity contribution in [3.8, 4) is 0 Å². The Kier molecular flexibility index (Phi) is 7.75. The van der Waals surface area contributed by atoms with Crippen LogP contribution in [0.5, 0.6) is 0 Å². The smallest absolute Gasteiger partial charge is 0.407 e. The number of alkyl carbamates (subject to hydrolysis) is 1. The van der Waals surface area contributed by atoms with Crippen molar-refractivity contribution in [3.05, 3.63) is 0 Å². The molecule has 0 heterocycles. The Hall–Kier alpha value is -0.910. The molecule has 0 aliphatic heterocycles. The lowest BCUT2D eigenvalue weighted by Crippen LogP contribution is -2.40. The molecule has 11 heteroatoms. The predicted octanol–water partition coefficient (Wildman–Crippen LogP) is 0.524. The molecule has 0 aliphatic carbocycles. The van der Waals surface area contributed by atoms with Crippen molar-refractivity contribution in [2.75, 3.05) is 18.6 Å². The fraction of sp³-hybridized carbons (Fsp3) is 0.909. The largest absolute Gasteiger partial charge is 0.444 e. The Morgan fingerprint density at radius 1 is 1.18 bits per heavy atom. The average Bonchev–Trinajstić information content (AvgIpc) is 2.19. The first-order chi connectivity index (χ1) is 9.68. The fourth-order valence-electron chi connectivity index (χ4n) is 1.40. The molecule has 2 N–H and O–H groups in total. The summed E-state index contributed by atoms with van der Waals surface area (Å²) < 4.78 is 61.6. The standard InChI is InChI=1S/C11H23NO8S2/c1-11(2,3)20-10(13)12-9(6-8-22(16,17)18)5-7-19-21(4,14)15/h9H,5-8H2,1-4H3,(H,12,13)(H,16,17,18)/t9-/m0/s1. The van der Waals surface area contributed by atoms with Gasteiger partial charge in [-0.25, -0.2) is 4.79 Å². The molecule has 1 amide bonds. The normalized spacial score (nSPS) is 14.4. The molecule has 132 valence electrons. The number of hydrogen-bond acceptors (Lipinski definition) is 7. The molecule has 0 unspecified atom stereocenters. The van der Waals surface area contributed by atoms with E-state index in [0.29, 0.717) is 0 Å². The third kappa shape index (κ3) is 14.0. The van der Waals surface area contributed by atoms with Gasteiger partial charge in [0.05, 0.1) is 18.6 Å². The second-order valence-electron chi connectivity index (χ2n) is 5.73. The van der Waals surface area contributed by atoms with Gasteiger partial charge in [0, 0.05) is 6.04 Å². The van der Waals surface area contributed by atoms with Crippen molar-refractivity contribution < 1.29 is 35.1 Å². The molecular formula is C11H23NO8S2. The van der Waals surface area contributed by atoms with Crippen LogP contribution in [0.2, 0.25) is 0 Å². The van der Waals surface area contributed by atoms with E-state index < -0.39 is 43.7 Å². The van der Waals surface area contributed by atoms with Gasteiger partial charge in [-0.1, -0.05) is 0 Å². The summed E-state index contributed by atoms with van der Waals surface area (Å²) in [4.78, 5) is 11.6. The molecule has 1 atom stereocenters. The first-order valence-electron chi connectivity index (χ1n) is 6.47. The van der Waals surface area contributed by atoms with Crippen molar-refractivity contribution in [2.24, 2.45) is 0 Å². The molecule has 0 rings (SSSR count). The number of carbonyl (C=O) groups excluding carboxylic acids is 1. The minimum Gasteiger partial charge on any atom is -0.444 e. The first kappa shape index (κ1) is 21.1. The molecule has 0 aliphatic rings. The van der Waals surface area contributed by atoms with Crippen LogP contribution >= 0.6 is 0 Å². The van der Waals surface area contributed by atoms with Gasteiger partial charge in [-0.3, -0.25) is 8.74 Å². The minimum absolute atomic E-state index is 0.0435. The number of nitrogens with one attached hydrogen (secondary N) is 1. The van der Waals surface area contributed by atoms with E-state index in [1.807, 2.05) is 0 Å². The zero-order chi connectivity index (χ0) is 17.6. The Morgan fingerprint density at radius 3 is 2.14 bits per heavy atom. The van der Waals surface area contributed by atoms with E-state index in [-0.39, 0.29) is 19.4 Å². The van der Waals surface area contributed by atoms with Gasteiger partial charge in [0.25, 0.3) is 20.2 Å². The number of amides is 1. The maximum Gasteiger partial charge on any atom is 0.407 e. The van der Waals surface area contributed by atoms with Gasteiger partial charge >= 0.3 is 6.09 Å². The number of carbonyl (C=O) groups is 1. The predicted molar refractivity (Wildman–Crippen MR) is 79.6 cm³/mol. The van der Waals surface area contributed by atoms with Crippen molar-refractivity contribution in [1.82, 2.24) is 5.32 Å². The highest BCUT2D eigenvalue weighted by Gasteiger charge is 2.21. The Morgan fingerprint density at radius 2 is 1.73 bits per heavy atom. The van der Waals surface area contributed by atoms with Crippen LogP contribution in [0.4, 0.5) is 4.79 Å². The van der Waals surface area contributed by atoms with E-state index in [0.717, 1.165) is 6.26 Å². The quantitative estimate of drug-likeness (QED) is 0.472. The van der Waals surface area contributed by atoms with Gasteiger partial charge in [-0.05, 0) is 33.6 Å². The highest BCUT2D eigenvalue weighted by Crippen LogP contribution is 2.09. The topological polar surface area (TPSA) is 136 Å². The van der Waals surface area contributed by atoms with Crippen molar-refractivity contribution in [3.63, 3.8) is 0 Å². The van der Waals surface area contributed by atoms with Crippen LogP contribution in [0.15, 0.2) is 0 Å². The summed E-state index contributed by atoms with van der Waals surface area (Å²) in [5.41, 5.74) is -0.735. The molecule has 0 spiro atoms. The van der Waals surface area contributed by atoms with Gasteiger partial charge < -0.3 is 10.1 Å². The summed E-state index contributed by atoms with van der Waals surface area (Å²) >= 11 is 0. The maximum atomic E-state index is 11.6. The van der Waals surface area contributed by atoms with Gasteiger partial charge in [0.2, 0.25) is 0 Å². The van der Waals surface area contributed by atoms with Crippen LogP contribution in [0.3, 0.4) is 0 Å². The number of hydrogen-bond donors (Lipinski definition) is 2. The third-order valence-corrected chi connectivity index (χ3v) is 3.56. The summed E-state index contributed by atoms with van der Waals surface area (Å²) in [6, 6.07) is -0.724. The number of ether oxygens (including phenoxy) is 1. The SMILES string of the molecule is CC(C)(C)OC(=O)N[C@@H](CCOS(C)(=O)=O)CCS(=O)(=O)O. The van der Waals surface area contributed by atoms with Gasteiger partial charge in [0.15, 0.2) is 0 Å². The lowest BCUT2D eigenvalue weighted by molar-refractivity contribution is 0.0497. The van der Waals surface area contributed by atoms with Crippen molar-refractivity contribution in [1.29, 1.82) is 0 Å². The lowest BCUT2D eigenvalue weighted by Gasteiger charge is -2.23. The van der Waals surface area contributed by atoms with Gasteiger partial charge in [0.1, 0.15) is 5.60 Å². The summed E-state index contributed by atoms with van der Waals surface area (Å²) in [7, 11) is -7.83. The molecule has 0 radical (unpaired) electrons. The molecule has 0 aromatic rings. The first-order valence-corrected chi connectivity index (χ1v) is 9.89. The average molecular weight is 361 g/mol. The second kappa shape index (κ2) is 8.09. The van der Waals surface area contributed by atoms with E-state index in [2.05, 4.69) is 9.50 Å². The molecule has 0 bridgehead atoms. The van der Waals surface area contributed by atoms with Crippen LogP contribution < -0.4 is 5.32 Å². The molecule has 0 aromatic heterocycles. The van der Waals surface area contributed by atoms with Crippen LogP contribution in [0, 0.1) is 0 Å². The Labute approximate surface area is 131 Å². The van der Waals surface area contributed by atoms with E-state index >= 15 is 0 Å². The molecule has 0 fully saturated rings. The summed E-state index contributed by atoms with van der Waals surface area (Å²) in [6.45, 7) is 4.75. The van der Waals surface area contributed by atoms with Crippen LogP contribution in [0.1, 0.15) is 33.6 Å². The molecule has 0 saturated carbocycles. The van der Waals surface area contributed by atoms with Crippen molar-refractivity contribution >= 4 is 26.3 Å². The molecule has 9 nitrogen and oxygen atoms in total. The summed E-state index contributed by atoms with van der Waals surface area (Å²) in [5, 5.41) is 2.42. The number of rotatable bonds is 8. The minimum atomic E-state index is -4.19. The van der Waals surface area contributed by atoms with Crippen LogP contribution in [-0.4, -0.2) is 57.7 Å². The van der Waals surface area contributed by atoms with Crippen LogP contribution in [-0.2, 0) is 29.2 Å². The highest BCUT2D eigenvalue weighted by atomic mass is 32.2. The molecule has 0 aromatic carbocycles. The fourth-order valence-corrected chi connectivity index (χ4v) is 2.38. The maximum absolute atomic E-state index is 11.6. The highest BCUT2D eigenvalue weighted by molar-refractivity contribution is 7.86. The zero-order valence-corrected chi connectivity index (χ0v) is 14.7. The Balaban J connectivity index is 4.61. The van der Waals surface area contributed by atoms with Gasteiger partial charge in [-0.15, -0.1) is 0 Å². The molecular weight excluding hydrogens is 338 g/mol. The lowest BCUT2D eigenvalue weighted by atomic mass is 10.1. The van der Waals surface area contributed by atoms with E-state index in [1.165, 1.54) is 0 Å². The summed E-state index contributed by atoms with van der Waals surface area (Å²) in [5.74, 6) is -0.577. The van der Waals surface area contributed by atoms with Crippen molar-refractivity contribution in [2.45, 2.75) is 45.3 Å². The van der Waals surface area contributed by atoms with Crippen LogP contribution in [0.25, 0.3) is 0 Å². The second-order valence-corrected chi connectivity index (χ2v) is 8.95. The molecule has 22 heavy (non-hydrogen) atoms. The molecule has 0 saturated heterocycles. The monoisotopic (exact) mass is 361 g/mol. The Bertz CT molecular complexity index is 561. The van der Waals surface area contributed by atoms with E-state index in [9.17, 15) is 21.6 Å². The zero-order valence-electron chi connectivity index (χ0n) is 13.0. The third-order valence-electron chi connectivity index (χ3n) is 2.21. The summed E-state index contributed by atoms with van der Waals surface area (Å²) in [6.07, 6.45) is 0.0429.